The third-order valence-electron chi connectivity index (χ3n) is 5.01. The highest BCUT2D eigenvalue weighted by atomic mass is 19.4. The molecule has 3 rings (SSSR count). The van der Waals surface area contributed by atoms with Gasteiger partial charge in [0.2, 0.25) is 0 Å². The number of carbonyl (C=O) groups is 2. The molecule has 0 fully saturated rings. The SMILES string of the molecule is CN(C)CCN1CCN(Cc2cccc(C#N)c2)Cc2cccnc21.O=C(O)C(F)(F)F.O=C(O)C(F)(F)F. The van der Waals surface area contributed by atoms with Crippen molar-refractivity contribution in [1.82, 2.24) is 14.8 Å². The molecule has 0 unspecified atom stereocenters. The lowest BCUT2D eigenvalue weighted by Crippen LogP contribution is -2.36. The summed E-state index contributed by atoms with van der Waals surface area (Å²) in [5, 5.41) is 23.3. The van der Waals surface area contributed by atoms with Gasteiger partial charge >= 0.3 is 24.3 Å². The first-order valence-corrected chi connectivity index (χ1v) is 11.2. The van der Waals surface area contributed by atoms with Gasteiger partial charge in [0.05, 0.1) is 11.6 Å². The monoisotopic (exact) mass is 563 g/mol. The van der Waals surface area contributed by atoms with Crippen LogP contribution in [-0.2, 0) is 22.7 Å². The van der Waals surface area contributed by atoms with Crippen molar-refractivity contribution in [3.63, 3.8) is 0 Å². The Balaban J connectivity index is 0.000000449. The minimum Gasteiger partial charge on any atom is -0.475 e. The van der Waals surface area contributed by atoms with E-state index in [1.165, 1.54) is 11.1 Å². The van der Waals surface area contributed by atoms with E-state index in [1.54, 1.807) is 0 Å². The Morgan fingerprint density at radius 2 is 1.62 bits per heavy atom. The molecule has 1 aromatic carbocycles. The Morgan fingerprint density at radius 1 is 1.03 bits per heavy atom. The second kappa shape index (κ2) is 14.9. The predicted octanol–water partition coefficient (Wildman–Crippen LogP) is 3.60. The van der Waals surface area contributed by atoms with Crippen LogP contribution in [0.3, 0.4) is 0 Å². The zero-order valence-electron chi connectivity index (χ0n) is 21.0. The van der Waals surface area contributed by atoms with Crippen LogP contribution in [0.15, 0.2) is 42.6 Å². The summed E-state index contributed by atoms with van der Waals surface area (Å²) in [5.74, 6) is -4.40. The van der Waals surface area contributed by atoms with Crippen molar-refractivity contribution in [2.45, 2.75) is 25.4 Å². The fraction of sp³-hybridized carbons (Fsp3) is 0.417. The number of benzene rings is 1. The number of rotatable bonds is 5. The van der Waals surface area contributed by atoms with E-state index in [9.17, 15) is 26.3 Å². The number of carboxylic acids is 2. The largest absolute Gasteiger partial charge is 0.490 e. The quantitative estimate of drug-likeness (QED) is 0.526. The van der Waals surface area contributed by atoms with E-state index < -0.39 is 24.3 Å². The Labute approximate surface area is 220 Å². The molecule has 2 N–H and O–H groups in total. The first-order chi connectivity index (χ1) is 18.0. The highest BCUT2D eigenvalue weighted by Crippen LogP contribution is 2.23. The van der Waals surface area contributed by atoms with Crippen LogP contribution < -0.4 is 4.90 Å². The van der Waals surface area contributed by atoms with Crippen molar-refractivity contribution in [3.8, 4) is 6.07 Å². The van der Waals surface area contributed by atoms with Gasteiger partial charge in [-0.25, -0.2) is 14.6 Å². The molecule has 2 heterocycles. The van der Waals surface area contributed by atoms with E-state index in [0.717, 1.165) is 50.6 Å². The van der Waals surface area contributed by atoms with E-state index in [4.69, 9.17) is 25.1 Å². The van der Waals surface area contributed by atoms with E-state index in [2.05, 4.69) is 52.0 Å². The maximum atomic E-state index is 10.6. The van der Waals surface area contributed by atoms with Crippen molar-refractivity contribution in [3.05, 3.63) is 59.3 Å². The molecule has 15 heteroatoms. The molecule has 9 nitrogen and oxygen atoms in total. The average Bonchev–Trinajstić information content (AvgIpc) is 3.01. The van der Waals surface area contributed by atoms with Gasteiger partial charge in [-0.1, -0.05) is 18.2 Å². The summed E-state index contributed by atoms with van der Waals surface area (Å²) >= 11 is 0. The number of halogens is 6. The van der Waals surface area contributed by atoms with Gasteiger partial charge in [-0.05, 0) is 37.9 Å². The average molecular weight is 563 g/mol. The number of likely N-dealkylation sites (N-methyl/N-ethyl adjacent to an activating group) is 1. The fourth-order valence-electron chi connectivity index (χ4n) is 3.20. The Morgan fingerprint density at radius 3 is 2.13 bits per heavy atom. The standard InChI is InChI=1S/C20H25N5.2C2HF3O2/c1-23(2)9-11-25-12-10-24(16-19-7-4-8-22-20(19)25)15-18-6-3-5-17(13-18)14-21;2*3-2(4,5)1(6)7/h3-8,13H,9-12,15-16H2,1-2H3;2*(H,6,7). The van der Waals surface area contributed by atoms with Crippen LogP contribution in [0.5, 0.6) is 0 Å². The van der Waals surface area contributed by atoms with E-state index >= 15 is 0 Å². The number of pyridine rings is 1. The van der Waals surface area contributed by atoms with Crippen molar-refractivity contribution in [2.24, 2.45) is 0 Å². The van der Waals surface area contributed by atoms with Crippen molar-refractivity contribution < 1.29 is 46.1 Å². The predicted molar refractivity (Wildman–Crippen MR) is 128 cm³/mol. The number of aliphatic carboxylic acids is 2. The maximum absolute atomic E-state index is 10.6. The number of aromatic nitrogens is 1. The van der Waals surface area contributed by atoms with Gasteiger partial charge in [0.25, 0.3) is 0 Å². The molecule has 2 aromatic rings. The third kappa shape index (κ3) is 12.5. The molecule has 1 aliphatic heterocycles. The lowest BCUT2D eigenvalue weighted by molar-refractivity contribution is -0.193. The van der Waals surface area contributed by atoms with Gasteiger partial charge < -0.3 is 20.0 Å². The first kappa shape index (κ1) is 33.1. The number of hydrogen-bond acceptors (Lipinski definition) is 7. The van der Waals surface area contributed by atoms with Crippen LogP contribution in [-0.4, -0.2) is 89.6 Å². The number of fused-ring (bicyclic) bond motifs is 1. The van der Waals surface area contributed by atoms with Crippen LogP contribution in [0.1, 0.15) is 16.7 Å². The first-order valence-electron chi connectivity index (χ1n) is 11.2. The van der Waals surface area contributed by atoms with Gasteiger partial charge in [0, 0.05) is 51.0 Å². The molecule has 0 saturated carbocycles. The van der Waals surface area contributed by atoms with Crippen molar-refractivity contribution in [1.29, 1.82) is 5.26 Å². The second-order valence-corrected chi connectivity index (χ2v) is 8.41. The summed E-state index contributed by atoms with van der Waals surface area (Å²) in [6, 6.07) is 14.3. The summed E-state index contributed by atoms with van der Waals surface area (Å²) in [5.41, 5.74) is 3.18. The number of nitriles is 1. The summed E-state index contributed by atoms with van der Waals surface area (Å²) in [4.78, 5) is 29.5. The third-order valence-corrected chi connectivity index (χ3v) is 5.01. The van der Waals surface area contributed by atoms with Gasteiger partial charge in [-0.3, -0.25) is 4.90 Å². The Hall–Kier alpha value is -3.90. The second-order valence-electron chi connectivity index (χ2n) is 8.41. The highest BCUT2D eigenvalue weighted by Gasteiger charge is 2.38. The zero-order chi connectivity index (χ0) is 29.8. The van der Waals surface area contributed by atoms with Gasteiger partial charge in [0.15, 0.2) is 0 Å². The van der Waals surface area contributed by atoms with E-state index in [-0.39, 0.29) is 0 Å². The molecule has 0 atom stereocenters. The minimum atomic E-state index is -5.08. The van der Waals surface area contributed by atoms with Crippen LogP contribution in [0.25, 0.3) is 0 Å². The topological polar surface area (TPSA) is 121 Å². The molecule has 39 heavy (non-hydrogen) atoms. The summed E-state index contributed by atoms with van der Waals surface area (Å²) in [6.45, 7) is 5.69. The molecule has 0 spiro atoms. The van der Waals surface area contributed by atoms with E-state index in [0.29, 0.717) is 0 Å². The van der Waals surface area contributed by atoms with Gasteiger partial charge in [-0.2, -0.15) is 31.6 Å². The maximum Gasteiger partial charge on any atom is 0.490 e. The number of nitrogens with zero attached hydrogens (tertiary/aromatic N) is 5. The van der Waals surface area contributed by atoms with E-state index in [1.807, 2.05) is 30.5 Å². The summed E-state index contributed by atoms with van der Waals surface area (Å²) in [6.07, 6.45) is -8.28. The molecule has 214 valence electrons. The van der Waals surface area contributed by atoms with Crippen molar-refractivity contribution >= 4 is 17.8 Å². The Bertz CT molecular complexity index is 1110. The van der Waals surface area contributed by atoms with Crippen LogP contribution >= 0.6 is 0 Å². The molecular formula is C24H27F6N5O4. The number of carboxylic acid groups (broad SMARTS) is 2. The molecule has 0 bridgehead atoms. The van der Waals surface area contributed by atoms with Crippen LogP contribution in [0.4, 0.5) is 32.2 Å². The number of anilines is 1. The molecular weight excluding hydrogens is 536 g/mol. The number of alkyl halides is 6. The summed E-state index contributed by atoms with van der Waals surface area (Å²) < 4.78 is 63.5. The summed E-state index contributed by atoms with van der Waals surface area (Å²) in [7, 11) is 4.21. The molecule has 0 aliphatic carbocycles. The van der Waals surface area contributed by atoms with Crippen LogP contribution in [0.2, 0.25) is 0 Å². The zero-order valence-corrected chi connectivity index (χ0v) is 21.0. The molecule has 0 amide bonds. The highest BCUT2D eigenvalue weighted by molar-refractivity contribution is 5.73. The fourth-order valence-corrected chi connectivity index (χ4v) is 3.20. The Kier molecular flexibility index (Phi) is 12.6. The molecule has 0 radical (unpaired) electrons. The molecule has 1 aliphatic rings. The lowest BCUT2D eigenvalue weighted by Gasteiger charge is -2.25. The van der Waals surface area contributed by atoms with Crippen LogP contribution in [0, 0.1) is 11.3 Å². The van der Waals surface area contributed by atoms with Gasteiger partial charge in [0.1, 0.15) is 5.82 Å². The van der Waals surface area contributed by atoms with Crippen molar-refractivity contribution in [2.75, 3.05) is 45.2 Å². The number of hydrogen-bond donors (Lipinski definition) is 2. The molecule has 1 aromatic heterocycles. The smallest absolute Gasteiger partial charge is 0.475 e. The normalized spacial score (nSPS) is 13.6. The minimum absolute atomic E-state index is 0.724. The lowest BCUT2D eigenvalue weighted by atomic mass is 10.1. The van der Waals surface area contributed by atoms with Gasteiger partial charge in [-0.15, -0.1) is 0 Å². The molecule has 0 saturated heterocycles.